The minimum absolute atomic E-state index is 0.136. The Balaban J connectivity index is 1.97. The van der Waals surface area contributed by atoms with Crippen LogP contribution in [0.4, 0.5) is 14.9 Å². The van der Waals surface area contributed by atoms with Gasteiger partial charge >= 0.3 is 16.3 Å². The first-order valence-corrected chi connectivity index (χ1v) is 11.1. The molecule has 1 amide bonds. The molecule has 1 aromatic carbocycles. The Hall–Kier alpha value is -2.82. The molecule has 0 spiro atoms. The van der Waals surface area contributed by atoms with E-state index in [2.05, 4.69) is 40.6 Å². The molecule has 0 unspecified atom stereocenters. The second kappa shape index (κ2) is 10.7. The summed E-state index contributed by atoms with van der Waals surface area (Å²) in [6, 6.07) is 3.86. The number of rotatable bonds is 8. The van der Waals surface area contributed by atoms with Gasteiger partial charge in [-0.3, -0.25) is 10.7 Å². The average molecular weight is 539 g/mol. The number of hydrogen-bond acceptors (Lipinski definition) is 10. The molecule has 2 aromatic rings. The van der Waals surface area contributed by atoms with Gasteiger partial charge in [-0.05, 0) is 65.2 Å². The third kappa shape index (κ3) is 8.03. The van der Waals surface area contributed by atoms with E-state index in [9.17, 15) is 22.8 Å². The first-order valence-electron chi connectivity index (χ1n) is 8.80. The smallest absolute Gasteiger partial charge is 0.422 e. The van der Waals surface area contributed by atoms with Crippen LogP contribution < -0.4 is 19.7 Å². The van der Waals surface area contributed by atoms with E-state index in [0.717, 1.165) is 6.07 Å². The molecule has 0 saturated carbocycles. The molecule has 16 heteroatoms. The van der Waals surface area contributed by atoms with E-state index in [1.165, 1.54) is 12.1 Å². The van der Waals surface area contributed by atoms with Gasteiger partial charge in [0.25, 0.3) is 5.88 Å². The lowest BCUT2D eigenvalue weighted by Crippen LogP contribution is -2.43. The minimum Gasteiger partial charge on any atom is -0.472 e. The normalized spacial score (nSPS) is 12.4. The fourth-order valence-electron chi connectivity index (χ4n) is 2.00. The van der Waals surface area contributed by atoms with Gasteiger partial charge in [-0.15, -0.1) is 0 Å². The molecule has 176 valence electrons. The summed E-state index contributed by atoms with van der Waals surface area (Å²) in [7, 11) is -4.20. The molecule has 0 aliphatic heterocycles. The molecular formula is C16H20BrFN6O7S. The molecule has 13 nitrogen and oxygen atoms in total. The zero-order valence-corrected chi connectivity index (χ0v) is 19.5. The fraction of sp³-hybridized carbons (Fsp3) is 0.375. The highest BCUT2D eigenvalue weighted by Crippen LogP contribution is 2.23. The Bertz CT molecular complexity index is 1090. The fourth-order valence-corrected chi connectivity index (χ4v) is 3.05. The average Bonchev–Trinajstić information content (AvgIpc) is 3.12. The summed E-state index contributed by atoms with van der Waals surface area (Å²) in [6.07, 6.45) is -1.14. The maximum absolute atomic E-state index is 13.4. The molecule has 4 N–H and O–H groups in total. The van der Waals surface area contributed by atoms with Crippen molar-refractivity contribution >= 4 is 43.8 Å². The third-order valence-electron chi connectivity index (χ3n) is 3.18. The first-order chi connectivity index (χ1) is 14.9. The van der Waals surface area contributed by atoms with Crippen LogP contribution >= 0.6 is 15.9 Å². The monoisotopic (exact) mass is 538 g/mol. The van der Waals surface area contributed by atoms with E-state index in [1.807, 2.05) is 5.48 Å². The first kappa shape index (κ1) is 25.4. The molecule has 1 aromatic heterocycles. The van der Waals surface area contributed by atoms with E-state index in [-0.39, 0.29) is 40.7 Å². The summed E-state index contributed by atoms with van der Waals surface area (Å²) in [5.41, 5.74) is 1.05. The number of carbonyl (C=O) groups is 1. The lowest BCUT2D eigenvalue weighted by molar-refractivity contribution is 0.0569. The standard InChI is InChI=1S/C16H20BrFN6O7S/c1-16(2,3)30-15(25)24-32(27,28)19-6-7-29-14-12(22-31-23-14)13(21-26)20-9-4-5-11(18)10(17)8-9/h4-5,8,19,26H,6-7H2,1-3H3,(H,20,21)(H,24,25). The lowest BCUT2D eigenvalue weighted by atomic mass is 10.2. The topological polar surface area (TPSA) is 177 Å². The van der Waals surface area contributed by atoms with Crippen LogP contribution in [0.1, 0.15) is 26.5 Å². The van der Waals surface area contributed by atoms with Crippen molar-refractivity contribution < 1.29 is 36.9 Å². The number of halogens is 2. The van der Waals surface area contributed by atoms with E-state index in [0.29, 0.717) is 0 Å². The number of carbonyl (C=O) groups excluding carboxylic acids is 1. The van der Waals surface area contributed by atoms with Crippen molar-refractivity contribution in [3.63, 3.8) is 0 Å². The maximum Gasteiger partial charge on any atom is 0.422 e. The summed E-state index contributed by atoms with van der Waals surface area (Å²) >= 11 is 3.02. The Morgan fingerprint density at radius 3 is 2.69 bits per heavy atom. The number of amidine groups is 1. The molecular weight excluding hydrogens is 519 g/mol. The van der Waals surface area contributed by atoms with Crippen molar-refractivity contribution in [1.82, 2.24) is 25.2 Å². The van der Waals surface area contributed by atoms with Crippen molar-refractivity contribution in [2.75, 3.05) is 13.2 Å². The second-order valence-corrected chi connectivity index (χ2v) is 9.29. The van der Waals surface area contributed by atoms with Gasteiger partial charge in [-0.25, -0.2) is 23.5 Å². The highest BCUT2D eigenvalue weighted by molar-refractivity contribution is 9.10. The molecule has 0 atom stereocenters. The van der Waals surface area contributed by atoms with Crippen LogP contribution in [-0.2, 0) is 14.9 Å². The van der Waals surface area contributed by atoms with Gasteiger partial charge < -0.3 is 9.47 Å². The Morgan fingerprint density at radius 2 is 2.06 bits per heavy atom. The van der Waals surface area contributed by atoms with Gasteiger partial charge in [0.1, 0.15) is 18.0 Å². The Labute approximate surface area is 190 Å². The van der Waals surface area contributed by atoms with E-state index in [4.69, 9.17) is 9.47 Å². The summed E-state index contributed by atoms with van der Waals surface area (Å²) in [5.74, 6) is -0.948. The van der Waals surface area contributed by atoms with E-state index < -0.39 is 27.7 Å². The molecule has 0 fully saturated rings. The molecule has 0 aliphatic rings. The number of nitrogens with one attached hydrogen (secondary N) is 3. The van der Waals surface area contributed by atoms with Gasteiger partial charge in [-0.1, -0.05) is 0 Å². The maximum atomic E-state index is 13.4. The molecule has 0 aliphatic carbocycles. The summed E-state index contributed by atoms with van der Waals surface area (Å²) < 4.78 is 55.7. The van der Waals surface area contributed by atoms with Crippen molar-refractivity contribution in [2.24, 2.45) is 4.99 Å². The van der Waals surface area contributed by atoms with E-state index >= 15 is 0 Å². The van der Waals surface area contributed by atoms with Gasteiger partial charge in [0.05, 0.1) is 10.2 Å². The predicted molar refractivity (Wildman–Crippen MR) is 111 cm³/mol. The number of benzene rings is 1. The second-order valence-electron chi connectivity index (χ2n) is 6.94. The number of hydrogen-bond donors (Lipinski definition) is 4. The summed E-state index contributed by atoms with van der Waals surface area (Å²) in [6.45, 7) is 4.22. The summed E-state index contributed by atoms with van der Waals surface area (Å²) in [4.78, 5) is 15.6. The molecule has 2 rings (SSSR count). The largest absolute Gasteiger partial charge is 0.472 e. The number of aromatic nitrogens is 2. The predicted octanol–water partition coefficient (Wildman–Crippen LogP) is 1.77. The number of nitrogens with zero attached hydrogens (tertiary/aromatic N) is 3. The van der Waals surface area contributed by atoms with Crippen molar-refractivity contribution in [3.8, 4) is 5.88 Å². The molecule has 0 bridgehead atoms. The molecule has 0 saturated heterocycles. The van der Waals surface area contributed by atoms with Crippen LogP contribution in [-0.4, -0.2) is 54.6 Å². The number of hydroxylamine groups is 1. The lowest BCUT2D eigenvalue weighted by Gasteiger charge is -2.19. The van der Waals surface area contributed by atoms with Crippen LogP contribution in [0.3, 0.4) is 0 Å². The minimum atomic E-state index is -4.20. The molecule has 0 radical (unpaired) electrons. The van der Waals surface area contributed by atoms with Crippen LogP contribution in [0, 0.1) is 5.82 Å². The van der Waals surface area contributed by atoms with Crippen LogP contribution in [0.2, 0.25) is 0 Å². The van der Waals surface area contributed by atoms with Crippen LogP contribution in [0.5, 0.6) is 5.88 Å². The third-order valence-corrected chi connectivity index (χ3v) is 4.81. The number of amides is 1. The van der Waals surface area contributed by atoms with Crippen LogP contribution in [0.15, 0.2) is 32.3 Å². The van der Waals surface area contributed by atoms with Crippen molar-refractivity contribution in [3.05, 3.63) is 34.2 Å². The zero-order chi connectivity index (χ0) is 23.9. The van der Waals surface area contributed by atoms with Crippen LogP contribution in [0.25, 0.3) is 0 Å². The van der Waals surface area contributed by atoms with Gasteiger partial charge in [-0.2, -0.15) is 13.1 Å². The highest BCUT2D eigenvalue weighted by atomic mass is 79.9. The van der Waals surface area contributed by atoms with Gasteiger partial charge in [0.2, 0.25) is 5.69 Å². The zero-order valence-electron chi connectivity index (χ0n) is 17.0. The van der Waals surface area contributed by atoms with E-state index in [1.54, 1.807) is 25.5 Å². The Morgan fingerprint density at radius 1 is 1.34 bits per heavy atom. The highest BCUT2D eigenvalue weighted by Gasteiger charge is 2.22. The quantitative estimate of drug-likeness (QED) is 0.167. The molecule has 1 heterocycles. The number of aliphatic imine (C=N–C) groups is 1. The number of ether oxygens (including phenoxy) is 2. The Kier molecular flexibility index (Phi) is 8.48. The molecule has 32 heavy (non-hydrogen) atoms. The van der Waals surface area contributed by atoms with Gasteiger partial charge in [0, 0.05) is 6.54 Å². The SMILES string of the molecule is CC(C)(C)OC(=O)NS(=O)(=O)NCCOc1nonc1C(=Nc1ccc(F)c(Br)c1)NO. The summed E-state index contributed by atoms with van der Waals surface area (Å²) in [5, 5.41) is 16.4. The van der Waals surface area contributed by atoms with Gasteiger partial charge in [0.15, 0.2) is 5.84 Å². The van der Waals surface area contributed by atoms with Crippen molar-refractivity contribution in [1.29, 1.82) is 0 Å². The van der Waals surface area contributed by atoms with Crippen molar-refractivity contribution in [2.45, 2.75) is 26.4 Å².